The first kappa shape index (κ1) is 29.3. The van der Waals surface area contributed by atoms with E-state index >= 15 is 0 Å². The number of anilines is 1. The predicted molar refractivity (Wildman–Crippen MR) is 157 cm³/mol. The van der Waals surface area contributed by atoms with E-state index in [4.69, 9.17) is 9.47 Å². The number of amides is 1. The molecule has 1 aromatic rings. The molecule has 4 heterocycles. The predicted octanol–water partition coefficient (Wildman–Crippen LogP) is 2.09. The van der Waals surface area contributed by atoms with Crippen LogP contribution in [0.1, 0.15) is 38.5 Å². The van der Waals surface area contributed by atoms with Crippen molar-refractivity contribution >= 4 is 11.6 Å². The number of nitrogens with one attached hydrogen (secondary N) is 2. The monoisotopic (exact) mass is 581 g/mol. The zero-order chi connectivity index (χ0) is 29.4. The number of likely N-dealkylation sites (N-methyl/N-ethyl adjacent to an activating group) is 2. The summed E-state index contributed by atoms with van der Waals surface area (Å²) in [6.07, 6.45) is 6.28. The molecular formula is C31H44FN7O3. The quantitative estimate of drug-likeness (QED) is 0.490. The largest absolute Gasteiger partial charge is 0.483 e. The van der Waals surface area contributed by atoms with Crippen LogP contribution in [0.5, 0.6) is 5.75 Å². The fraction of sp³-hybridized carbons (Fsp3) is 0.677. The van der Waals surface area contributed by atoms with E-state index in [0.29, 0.717) is 38.8 Å². The average molecular weight is 582 g/mol. The van der Waals surface area contributed by atoms with Crippen LogP contribution in [0.15, 0.2) is 30.9 Å². The Morgan fingerprint density at radius 2 is 2.12 bits per heavy atom. The van der Waals surface area contributed by atoms with Crippen LogP contribution >= 0.6 is 0 Å². The van der Waals surface area contributed by atoms with Gasteiger partial charge in [0.05, 0.1) is 43.5 Å². The molecule has 0 bridgehead atoms. The zero-order valence-electron chi connectivity index (χ0n) is 24.8. The van der Waals surface area contributed by atoms with Crippen molar-refractivity contribution in [3.63, 3.8) is 0 Å². The highest BCUT2D eigenvalue weighted by atomic mass is 19.1. The van der Waals surface area contributed by atoms with Crippen LogP contribution in [0.2, 0.25) is 0 Å². The molecule has 1 aliphatic carbocycles. The maximum absolute atomic E-state index is 14.0. The number of piperazine rings is 1. The SMILES string of the molecule is C=CC(=O)N1CCN(C2NC(OCC3CCCN3C)NC3C[C@]4(CCC32)CN(C)c2cc(F)ccc2O4)CC1CC#N. The normalized spacial score (nSPS) is 35.3. The molecule has 5 aliphatic rings. The van der Waals surface area contributed by atoms with Crippen LogP contribution in [0.25, 0.3) is 0 Å². The number of carbonyl (C=O) groups excluding carboxylic acids is 1. The first-order chi connectivity index (χ1) is 20.3. The molecule has 1 amide bonds. The average Bonchev–Trinajstić information content (AvgIpc) is 3.40. The summed E-state index contributed by atoms with van der Waals surface area (Å²) in [4.78, 5) is 21.2. The molecule has 0 aromatic heterocycles. The molecule has 4 aliphatic heterocycles. The number of hydrogen-bond acceptors (Lipinski definition) is 9. The summed E-state index contributed by atoms with van der Waals surface area (Å²) in [7, 11) is 4.17. The third kappa shape index (κ3) is 5.75. The zero-order valence-corrected chi connectivity index (χ0v) is 24.8. The van der Waals surface area contributed by atoms with Crippen molar-refractivity contribution in [3.05, 3.63) is 36.7 Å². The molecule has 2 N–H and O–H groups in total. The highest BCUT2D eigenvalue weighted by Gasteiger charge is 2.52. The van der Waals surface area contributed by atoms with E-state index in [2.05, 4.69) is 45.0 Å². The van der Waals surface area contributed by atoms with Crippen molar-refractivity contribution in [1.82, 2.24) is 25.3 Å². The molecular weight excluding hydrogens is 537 g/mol. The van der Waals surface area contributed by atoms with Crippen LogP contribution in [0, 0.1) is 23.1 Å². The second-order valence-corrected chi connectivity index (χ2v) is 12.8. The summed E-state index contributed by atoms with van der Waals surface area (Å²) in [6.45, 7) is 7.99. The van der Waals surface area contributed by atoms with Gasteiger partial charge in [-0.25, -0.2) is 4.39 Å². The topological polar surface area (TPSA) is 96.3 Å². The first-order valence-corrected chi connectivity index (χ1v) is 15.4. The van der Waals surface area contributed by atoms with E-state index in [1.54, 1.807) is 17.0 Å². The summed E-state index contributed by atoms with van der Waals surface area (Å²) in [5.74, 6) is 0.640. The summed E-state index contributed by atoms with van der Waals surface area (Å²) in [5, 5.41) is 17.1. The number of hydrogen-bond donors (Lipinski definition) is 2. The highest BCUT2D eigenvalue weighted by molar-refractivity contribution is 5.87. The van der Waals surface area contributed by atoms with E-state index in [1.807, 2.05) is 7.05 Å². The van der Waals surface area contributed by atoms with Gasteiger partial charge in [0.1, 0.15) is 17.2 Å². The molecule has 42 heavy (non-hydrogen) atoms. The van der Waals surface area contributed by atoms with Crippen LogP contribution in [-0.2, 0) is 9.53 Å². The van der Waals surface area contributed by atoms with Crippen molar-refractivity contribution in [2.45, 2.75) is 74.8 Å². The molecule has 11 heteroatoms. The van der Waals surface area contributed by atoms with Crippen molar-refractivity contribution in [1.29, 1.82) is 5.26 Å². The molecule has 10 nitrogen and oxygen atoms in total. The second kappa shape index (κ2) is 12.1. The molecule has 1 aromatic carbocycles. The van der Waals surface area contributed by atoms with Gasteiger partial charge in [0.2, 0.25) is 5.91 Å². The minimum absolute atomic E-state index is 0.0322. The van der Waals surface area contributed by atoms with Gasteiger partial charge >= 0.3 is 0 Å². The lowest BCUT2D eigenvalue weighted by atomic mass is 9.72. The van der Waals surface area contributed by atoms with Gasteiger partial charge in [0.25, 0.3) is 0 Å². The van der Waals surface area contributed by atoms with E-state index in [-0.39, 0.29) is 54.3 Å². The lowest BCUT2D eigenvalue weighted by Crippen LogP contribution is -2.73. The Hall–Kier alpha value is -2.75. The summed E-state index contributed by atoms with van der Waals surface area (Å²) >= 11 is 0. The maximum atomic E-state index is 14.0. The number of carbonyl (C=O) groups is 1. The minimum Gasteiger partial charge on any atom is -0.483 e. The number of likely N-dealkylation sites (tertiary alicyclic amines) is 1. The van der Waals surface area contributed by atoms with Crippen molar-refractivity contribution in [3.8, 4) is 11.8 Å². The van der Waals surface area contributed by atoms with Crippen LogP contribution < -0.4 is 20.3 Å². The maximum Gasteiger partial charge on any atom is 0.246 e. The molecule has 6 unspecified atom stereocenters. The highest BCUT2D eigenvalue weighted by Crippen LogP contribution is 2.45. The lowest BCUT2D eigenvalue weighted by Gasteiger charge is -2.56. The summed E-state index contributed by atoms with van der Waals surface area (Å²) in [5.41, 5.74) is 0.404. The van der Waals surface area contributed by atoms with Crippen molar-refractivity contribution in [2.75, 3.05) is 58.3 Å². The third-order valence-electron chi connectivity index (χ3n) is 10.1. The second-order valence-electron chi connectivity index (χ2n) is 12.8. The van der Waals surface area contributed by atoms with Crippen LogP contribution in [0.3, 0.4) is 0 Å². The molecule has 6 rings (SSSR count). The summed E-state index contributed by atoms with van der Waals surface area (Å²) in [6, 6.07) is 7.40. The molecule has 228 valence electrons. The number of benzene rings is 1. The van der Waals surface area contributed by atoms with E-state index in [0.717, 1.165) is 43.7 Å². The van der Waals surface area contributed by atoms with Gasteiger partial charge in [-0.05, 0) is 57.5 Å². The Kier molecular flexibility index (Phi) is 8.44. The molecule has 3 saturated heterocycles. The Labute approximate surface area is 248 Å². The summed E-state index contributed by atoms with van der Waals surface area (Å²) < 4.78 is 27.2. The van der Waals surface area contributed by atoms with Crippen LogP contribution in [0.4, 0.5) is 10.1 Å². The number of ether oxygens (including phenoxy) is 2. The number of nitrogens with zero attached hydrogens (tertiary/aromatic N) is 5. The van der Waals surface area contributed by atoms with Crippen LogP contribution in [-0.4, -0.2) is 110 Å². The Balaban J connectivity index is 1.22. The Morgan fingerprint density at radius 1 is 1.26 bits per heavy atom. The van der Waals surface area contributed by atoms with Gasteiger partial charge in [0.15, 0.2) is 6.35 Å². The molecule has 7 atom stereocenters. The number of nitriles is 1. The number of rotatable bonds is 6. The number of halogens is 1. The minimum atomic E-state index is -0.385. The van der Waals surface area contributed by atoms with E-state index in [9.17, 15) is 14.4 Å². The van der Waals surface area contributed by atoms with Gasteiger partial charge < -0.3 is 24.2 Å². The first-order valence-electron chi connectivity index (χ1n) is 15.4. The smallest absolute Gasteiger partial charge is 0.246 e. The fourth-order valence-electron chi connectivity index (χ4n) is 7.95. The standard InChI is InChI=1S/C31H44FN7O3/c1-4-28(40)39-15-14-38(18-22(39)10-12-33)29-24-9-11-31(20-37(3)26-16-21(32)7-8-27(26)42-31)17-25(24)34-30(35-29)41-19-23-6-5-13-36(23)2/h4,7-8,16,22-25,29-30,34-35H,1,5-6,9-11,13-15,17-20H2,2-3H3/t22?,23?,24?,25?,29?,30?,31-/m1/s1. The van der Waals surface area contributed by atoms with Gasteiger partial charge in [-0.1, -0.05) is 6.58 Å². The molecule has 4 fully saturated rings. The number of fused-ring (bicyclic) bond motifs is 2. The third-order valence-corrected chi connectivity index (χ3v) is 10.1. The molecule has 0 radical (unpaired) electrons. The Bertz CT molecular complexity index is 1210. The van der Waals surface area contributed by atoms with E-state index < -0.39 is 0 Å². The fourth-order valence-corrected chi connectivity index (χ4v) is 7.95. The van der Waals surface area contributed by atoms with Crippen molar-refractivity contribution < 1.29 is 18.7 Å². The van der Waals surface area contributed by atoms with Gasteiger partial charge in [-0.15, -0.1) is 0 Å². The molecule has 1 saturated carbocycles. The van der Waals surface area contributed by atoms with E-state index in [1.165, 1.54) is 18.6 Å². The van der Waals surface area contributed by atoms with Gasteiger partial charge in [-0.2, -0.15) is 5.26 Å². The Morgan fingerprint density at radius 3 is 2.88 bits per heavy atom. The lowest BCUT2D eigenvalue weighted by molar-refractivity contribution is -0.139. The molecule has 1 spiro atoms. The van der Waals surface area contributed by atoms with Gasteiger partial charge in [-0.3, -0.25) is 20.3 Å². The van der Waals surface area contributed by atoms with Crippen molar-refractivity contribution in [2.24, 2.45) is 5.92 Å². The van der Waals surface area contributed by atoms with Gasteiger partial charge in [0, 0.05) is 57.2 Å².